The Bertz CT molecular complexity index is 331. The largest absolute Gasteiger partial charge is 0.383 e. The summed E-state index contributed by atoms with van der Waals surface area (Å²) in [5, 5.41) is 3.34. The summed E-state index contributed by atoms with van der Waals surface area (Å²) in [6.45, 7) is 7.20. The Kier molecular flexibility index (Phi) is 3.18. The first-order valence-corrected chi connectivity index (χ1v) is 5.41. The molecular formula is C11H18N4. The van der Waals surface area contributed by atoms with Gasteiger partial charge in [0.1, 0.15) is 5.82 Å². The van der Waals surface area contributed by atoms with Crippen molar-refractivity contribution in [1.29, 1.82) is 0 Å². The molecule has 4 nitrogen and oxygen atoms in total. The van der Waals surface area contributed by atoms with Crippen molar-refractivity contribution in [2.75, 3.05) is 31.9 Å². The van der Waals surface area contributed by atoms with E-state index in [1.54, 1.807) is 0 Å². The van der Waals surface area contributed by atoms with Gasteiger partial charge in [-0.25, -0.2) is 4.98 Å². The molecule has 0 spiro atoms. The molecule has 0 amide bonds. The van der Waals surface area contributed by atoms with E-state index in [-0.39, 0.29) is 0 Å². The van der Waals surface area contributed by atoms with Gasteiger partial charge < -0.3 is 11.1 Å². The van der Waals surface area contributed by atoms with Crippen molar-refractivity contribution in [3.63, 3.8) is 0 Å². The summed E-state index contributed by atoms with van der Waals surface area (Å²) < 4.78 is 0. The number of hydrogen-bond donors (Lipinski definition) is 2. The van der Waals surface area contributed by atoms with Gasteiger partial charge in [-0.1, -0.05) is 6.07 Å². The fraction of sp³-hybridized carbons (Fsp3) is 0.545. The van der Waals surface area contributed by atoms with Crippen LogP contribution in [-0.2, 0) is 6.54 Å². The zero-order valence-corrected chi connectivity index (χ0v) is 9.16. The number of pyridine rings is 1. The van der Waals surface area contributed by atoms with E-state index >= 15 is 0 Å². The molecule has 2 heterocycles. The van der Waals surface area contributed by atoms with Crippen molar-refractivity contribution in [3.05, 3.63) is 23.4 Å². The van der Waals surface area contributed by atoms with Crippen molar-refractivity contribution in [1.82, 2.24) is 15.2 Å². The summed E-state index contributed by atoms with van der Waals surface area (Å²) in [6, 6.07) is 4.10. The van der Waals surface area contributed by atoms with Gasteiger partial charge in [0, 0.05) is 44.0 Å². The smallest absolute Gasteiger partial charge is 0.128 e. The van der Waals surface area contributed by atoms with E-state index in [4.69, 9.17) is 5.73 Å². The number of nitrogens with two attached hydrogens (primary N) is 1. The zero-order valence-electron chi connectivity index (χ0n) is 9.16. The average Bonchev–Trinajstić information content (AvgIpc) is 2.24. The van der Waals surface area contributed by atoms with Crippen LogP contribution in [0.1, 0.15) is 11.3 Å². The topological polar surface area (TPSA) is 54.2 Å². The summed E-state index contributed by atoms with van der Waals surface area (Å²) in [4.78, 5) is 6.68. The molecule has 0 atom stereocenters. The summed E-state index contributed by atoms with van der Waals surface area (Å²) in [6.07, 6.45) is 0. The lowest BCUT2D eigenvalue weighted by atomic mass is 10.2. The highest BCUT2D eigenvalue weighted by Gasteiger charge is 2.11. The van der Waals surface area contributed by atoms with Gasteiger partial charge in [0.2, 0.25) is 0 Å². The molecule has 82 valence electrons. The van der Waals surface area contributed by atoms with E-state index in [9.17, 15) is 0 Å². The molecule has 1 fully saturated rings. The van der Waals surface area contributed by atoms with Gasteiger partial charge >= 0.3 is 0 Å². The molecule has 4 heteroatoms. The van der Waals surface area contributed by atoms with Crippen LogP contribution >= 0.6 is 0 Å². The second-order valence-corrected chi connectivity index (χ2v) is 4.02. The van der Waals surface area contributed by atoms with Gasteiger partial charge in [0.05, 0.1) is 0 Å². The maximum absolute atomic E-state index is 5.89. The molecule has 1 aromatic heterocycles. The zero-order chi connectivity index (χ0) is 10.7. The number of aromatic nitrogens is 1. The molecule has 0 bridgehead atoms. The number of nitrogens with one attached hydrogen (secondary N) is 1. The Morgan fingerprint density at radius 3 is 2.80 bits per heavy atom. The SMILES string of the molecule is Cc1ccc(CN2CCNCC2)c(N)n1. The van der Waals surface area contributed by atoms with E-state index in [0.717, 1.165) is 44.0 Å². The molecule has 1 aliphatic rings. The quantitative estimate of drug-likeness (QED) is 0.734. The molecule has 0 saturated carbocycles. The maximum Gasteiger partial charge on any atom is 0.128 e. The van der Waals surface area contributed by atoms with Crippen molar-refractivity contribution in [2.24, 2.45) is 0 Å². The van der Waals surface area contributed by atoms with Crippen LogP contribution in [0.25, 0.3) is 0 Å². The number of nitrogen functional groups attached to an aromatic ring is 1. The number of anilines is 1. The van der Waals surface area contributed by atoms with Crippen molar-refractivity contribution >= 4 is 5.82 Å². The van der Waals surface area contributed by atoms with E-state index in [1.165, 1.54) is 0 Å². The van der Waals surface area contributed by atoms with Crippen LogP contribution in [0.4, 0.5) is 5.82 Å². The number of aryl methyl sites for hydroxylation is 1. The van der Waals surface area contributed by atoms with Crippen LogP contribution in [0.2, 0.25) is 0 Å². The van der Waals surface area contributed by atoms with E-state index in [0.29, 0.717) is 5.82 Å². The minimum absolute atomic E-state index is 0.675. The lowest BCUT2D eigenvalue weighted by Gasteiger charge is -2.27. The second kappa shape index (κ2) is 4.59. The van der Waals surface area contributed by atoms with Gasteiger partial charge in [0.25, 0.3) is 0 Å². The first-order valence-electron chi connectivity index (χ1n) is 5.41. The van der Waals surface area contributed by atoms with E-state index in [1.807, 2.05) is 13.0 Å². The van der Waals surface area contributed by atoms with Gasteiger partial charge in [0.15, 0.2) is 0 Å². The highest BCUT2D eigenvalue weighted by molar-refractivity contribution is 5.39. The standard InChI is InChI=1S/C11H18N4/c1-9-2-3-10(11(12)14-9)8-15-6-4-13-5-7-15/h2-3,13H,4-8H2,1H3,(H2,12,14). The van der Waals surface area contributed by atoms with Gasteiger partial charge in [-0.15, -0.1) is 0 Å². The molecule has 1 aromatic rings. The number of rotatable bonds is 2. The van der Waals surface area contributed by atoms with Crippen LogP contribution < -0.4 is 11.1 Å². The third-order valence-corrected chi connectivity index (χ3v) is 2.76. The summed E-state index contributed by atoms with van der Waals surface area (Å²) in [5.74, 6) is 0.675. The molecule has 0 aromatic carbocycles. The first-order chi connectivity index (χ1) is 7.25. The predicted octanol–water partition coefficient (Wildman–Crippen LogP) is 0.377. The van der Waals surface area contributed by atoms with Crippen LogP contribution in [0.3, 0.4) is 0 Å². The summed E-state index contributed by atoms with van der Waals surface area (Å²) in [5.41, 5.74) is 8.01. The minimum Gasteiger partial charge on any atom is -0.383 e. The highest BCUT2D eigenvalue weighted by atomic mass is 15.2. The molecule has 0 unspecified atom stereocenters. The first kappa shape index (κ1) is 10.4. The molecule has 2 rings (SSSR count). The molecule has 15 heavy (non-hydrogen) atoms. The Labute approximate surface area is 90.5 Å². The van der Waals surface area contributed by atoms with Gasteiger partial charge in [-0.2, -0.15) is 0 Å². The number of nitrogens with zero attached hydrogens (tertiary/aromatic N) is 2. The minimum atomic E-state index is 0.675. The monoisotopic (exact) mass is 206 g/mol. The van der Waals surface area contributed by atoms with Gasteiger partial charge in [-0.3, -0.25) is 4.90 Å². The number of piperazine rings is 1. The Morgan fingerprint density at radius 2 is 2.13 bits per heavy atom. The fourth-order valence-electron chi connectivity index (χ4n) is 1.85. The summed E-state index contributed by atoms with van der Waals surface area (Å²) >= 11 is 0. The van der Waals surface area contributed by atoms with E-state index in [2.05, 4.69) is 21.3 Å². The number of hydrogen-bond acceptors (Lipinski definition) is 4. The molecule has 1 saturated heterocycles. The molecule has 3 N–H and O–H groups in total. The predicted molar refractivity (Wildman–Crippen MR) is 61.5 cm³/mol. The Balaban J connectivity index is 2.03. The van der Waals surface area contributed by atoms with Gasteiger partial charge in [-0.05, 0) is 13.0 Å². The van der Waals surface area contributed by atoms with Crippen LogP contribution in [0, 0.1) is 6.92 Å². The molecule has 0 aliphatic carbocycles. The van der Waals surface area contributed by atoms with Crippen LogP contribution in [0.15, 0.2) is 12.1 Å². The second-order valence-electron chi connectivity index (χ2n) is 4.02. The lowest BCUT2D eigenvalue weighted by molar-refractivity contribution is 0.233. The highest BCUT2D eigenvalue weighted by Crippen LogP contribution is 2.12. The lowest BCUT2D eigenvalue weighted by Crippen LogP contribution is -2.43. The van der Waals surface area contributed by atoms with Crippen LogP contribution in [0.5, 0.6) is 0 Å². The normalized spacial score (nSPS) is 17.9. The fourth-order valence-corrected chi connectivity index (χ4v) is 1.85. The van der Waals surface area contributed by atoms with Crippen molar-refractivity contribution in [3.8, 4) is 0 Å². The molecule has 1 aliphatic heterocycles. The van der Waals surface area contributed by atoms with Crippen LogP contribution in [-0.4, -0.2) is 36.1 Å². The maximum atomic E-state index is 5.89. The van der Waals surface area contributed by atoms with Crippen molar-refractivity contribution in [2.45, 2.75) is 13.5 Å². The average molecular weight is 206 g/mol. The Morgan fingerprint density at radius 1 is 1.40 bits per heavy atom. The molecule has 0 radical (unpaired) electrons. The molecular weight excluding hydrogens is 188 g/mol. The third kappa shape index (κ3) is 2.67. The Hall–Kier alpha value is -1.13. The van der Waals surface area contributed by atoms with Crippen molar-refractivity contribution < 1.29 is 0 Å². The summed E-state index contributed by atoms with van der Waals surface area (Å²) in [7, 11) is 0. The third-order valence-electron chi connectivity index (χ3n) is 2.76. The van der Waals surface area contributed by atoms with E-state index < -0.39 is 0 Å².